The van der Waals surface area contributed by atoms with Crippen molar-refractivity contribution < 1.29 is 0 Å². The SMILES string of the molecule is CC(C)c1cc(-c2ccc3cc(-c4ccc5ccccc5c4)ccc3c2)cc(-c2ccc3c4c(cccc24)-c2ccccc2-3)c1. The van der Waals surface area contributed by atoms with Gasteiger partial charge in [0, 0.05) is 0 Å². The van der Waals surface area contributed by atoms with Gasteiger partial charge in [-0.15, -0.1) is 0 Å². The molecule has 45 heavy (non-hydrogen) atoms. The Morgan fingerprint density at radius 2 is 0.844 bits per heavy atom. The standard InChI is InChI=1S/C45H32/c1-28(2)36-25-37(27-38(26-36)39-20-21-44-41-11-6-5-10-40(41)43-13-7-12-42(39)45(43)44)35-19-18-33-23-32(16-17-34(33)24-35)31-15-14-29-8-3-4-9-30(29)22-31/h3-28H,1-2H3. The van der Waals surface area contributed by atoms with E-state index in [1.807, 2.05) is 0 Å². The Hall–Kier alpha value is -5.46. The summed E-state index contributed by atoms with van der Waals surface area (Å²) in [5.74, 6) is 0.426. The molecule has 0 nitrogen and oxygen atoms in total. The number of benzene rings is 8. The van der Waals surface area contributed by atoms with E-state index in [2.05, 4.69) is 166 Å². The quantitative estimate of drug-likeness (QED) is 0.197. The topological polar surface area (TPSA) is 0 Å². The summed E-state index contributed by atoms with van der Waals surface area (Å²) in [6, 6.07) is 56.5. The number of fused-ring (bicyclic) bond motifs is 5. The lowest BCUT2D eigenvalue weighted by atomic mass is 9.88. The van der Waals surface area contributed by atoms with Crippen molar-refractivity contribution >= 4 is 32.3 Å². The second-order valence-electron chi connectivity index (χ2n) is 12.8. The zero-order chi connectivity index (χ0) is 30.1. The average Bonchev–Trinajstić information content (AvgIpc) is 3.42. The van der Waals surface area contributed by atoms with Gasteiger partial charge < -0.3 is 0 Å². The molecule has 0 amide bonds. The van der Waals surface area contributed by atoms with Crippen LogP contribution in [0.2, 0.25) is 0 Å². The summed E-state index contributed by atoms with van der Waals surface area (Å²) in [5, 5.41) is 7.77. The fourth-order valence-corrected chi connectivity index (χ4v) is 7.34. The maximum atomic E-state index is 2.40. The zero-order valence-corrected chi connectivity index (χ0v) is 25.5. The fourth-order valence-electron chi connectivity index (χ4n) is 7.34. The van der Waals surface area contributed by atoms with Gasteiger partial charge in [-0.1, -0.05) is 141 Å². The Morgan fingerprint density at radius 3 is 1.53 bits per heavy atom. The molecular formula is C45H32. The first-order valence-electron chi connectivity index (χ1n) is 15.9. The molecule has 1 aliphatic rings. The molecule has 1 aliphatic carbocycles. The summed E-state index contributed by atoms with van der Waals surface area (Å²) in [6.45, 7) is 4.59. The van der Waals surface area contributed by atoms with Crippen molar-refractivity contribution in [3.05, 3.63) is 157 Å². The predicted molar refractivity (Wildman–Crippen MR) is 194 cm³/mol. The van der Waals surface area contributed by atoms with Crippen LogP contribution >= 0.6 is 0 Å². The normalized spacial score (nSPS) is 12.0. The van der Waals surface area contributed by atoms with Crippen molar-refractivity contribution in [1.29, 1.82) is 0 Å². The van der Waals surface area contributed by atoms with E-state index >= 15 is 0 Å². The van der Waals surface area contributed by atoms with Crippen molar-refractivity contribution in [2.24, 2.45) is 0 Å². The van der Waals surface area contributed by atoms with Gasteiger partial charge in [0.2, 0.25) is 0 Å². The Labute approximate surface area is 264 Å². The number of hydrogen-bond donors (Lipinski definition) is 0. The molecule has 0 atom stereocenters. The van der Waals surface area contributed by atoms with E-state index in [-0.39, 0.29) is 0 Å². The molecule has 0 heteroatoms. The van der Waals surface area contributed by atoms with Crippen molar-refractivity contribution in [3.63, 3.8) is 0 Å². The van der Waals surface area contributed by atoms with Crippen LogP contribution in [-0.2, 0) is 0 Å². The van der Waals surface area contributed by atoms with Gasteiger partial charge >= 0.3 is 0 Å². The van der Waals surface area contributed by atoms with Gasteiger partial charge in [0.15, 0.2) is 0 Å². The third-order valence-electron chi connectivity index (χ3n) is 9.74. The smallest absolute Gasteiger partial charge is 0.00201 e. The highest BCUT2D eigenvalue weighted by Crippen LogP contribution is 2.49. The van der Waals surface area contributed by atoms with Gasteiger partial charge in [-0.2, -0.15) is 0 Å². The number of hydrogen-bond acceptors (Lipinski definition) is 0. The number of rotatable bonds is 4. The Morgan fingerprint density at radius 1 is 0.333 bits per heavy atom. The first kappa shape index (κ1) is 26.0. The van der Waals surface area contributed by atoms with Crippen LogP contribution in [-0.4, -0.2) is 0 Å². The fraction of sp³-hybridized carbons (Fsp3) is 0.0667. The molecule has 0 aromatic heterocycles. The summed E-state index contributed by atoms with van der Waals surface area (Å²) in [6.07, 6.45) is 0. The predicted octanol–water partition coefficient (Wildman–Crippen LogP) is 12.9. The zero-order valence-electron chi connectivity index (χ0n) is 25.5. The van der Waals surface area contributed by atoms with Crippen LogP contribution in [0, 0.1) is 0 Å². The summed E-state index contributed by atoms with van der Waals surface area (Å²) >= 11 is 0. The molecule has 0 N–H and O–H groups in total. The van der Waals surface area contributed by atoms with Crippen LogP contribution in [0.5, 0.6) is 0 Å². The molecular weight excluding hydrogens is 540 g/mol. The summed E-state index contributed by atoms with van der Waals surface area (Å²) in [7, 11) is 0. The molecule has 0 unspecified atom stereocenters. The highest BCUT2D eigenvalue weighted by atomic mass is 14.3. The molecule has 0 spiro atoms. The van der Waals surface area contributed by atoms with Gasteiger partial charge in [0.25, 0.3) is 0 Å². The molecule has 0 radical (unpaired) electrons. The lowest BCUT2D eigenvalue weighted by Gasteiger charge is -2.16. The lowest BCUT2D eigenvalue weighted by molar-refractivity contribution is 0.867. The highest BCUT2D eigenvalue weighted by Gasteiger charge is 2.22. The minimum absolute atomic E-state index is 0.426. The van der Waals surface area contributed by atoms with Gasteiger partial charge in [0.05, 0.1) is 0 Å². The van der Waals surface area contributed by atoms with Crippen LogP contribution < -0.4 is 0 Å². The molecule has 8 aromatic carbocycles. The van der Waals surface area contributed by atoms with Crippen LogP contribution in [0.25, 0.3) is 88.0 Å². The van der Waals surface area contributed by atoms with E-state index in [0.717, 1.165) is 0 Å². The Kier molecular flexibility index (Phi) is 5.80. The van der Waals surface area contributed by atoms with Gasteiger partial charge in [0.1, 0.15) is 0 Å². The maximum Gasteiger partial charge on any atom is -0.00201 e. The third kappa shape index (κ3) is 4.21. The van der Waals surface area contributed by atoms with E-state index in [9.17, 15) is 0 Å². The molecule has 212 valence electrons. The summed E-state index contributed by atoms with van der Waals surface area (Å²) in [4.78, 5) is 0. The van der Waals surface area contributed by atoms with E-state index < -0.39 is 0 Å². The lowest BCUT2D eigenvalue weighted by Crippen LogP contribution is -1.92. The maximum absolute atomic E-state index is 2.40. The molecule has 9 rings (SSSR count). The summed E-state index contributed by atoms with van der Waals surface area (Å²) < 4.78 is 0. The molecule has 0 bridgehead atoms. The molecule has 0 heterocycles. The van der Waals surface area contributed by atoms with Crippen molar-refractivity contribution in [3.8, 4) is 55.6 Å². The molecule has 0 aliphatic heterocycles. The molecule has 8 aromatic rings. The average molecular weight is 573 g/mol. The van der Waals surface area contributed by atoms with Gasteiger partial charge in [-0.05, 0) is 124 Å². The largest absolute Gasteiger partial charge is 0.0616 e. The Balaban J connectivity index is 1.15. The van der Waals surface area contributed by atoms with Crippen LogP contribution in [0.15, 0.2) is 152 Å². The molecule has 0 saturated heterocycles. The highest BCUT2D eigenvalue weighted by molar-refractivity contribution is 6.18. The van der Waals surface area contributed by atoms with Crippen LogP contribution in [0.3, 0.4) is 0 Å². The molecule has 0 fully saturated rings. The van der Waals surface area contributed by atoms with Crippen molar-refractivity contribution in [2.45, 2.75) is 19.8 Å². The first-order valence-corrected chi connectivity index (χ1v) is 15.9. The minimum Gasteiger partial charge on any atom is -0.0616 e. The Bertz CT molecular complexity index is 2430. The second-order valence-corrected chi connectivity index (χ2v) is 12.8. The van der Waals surface area contributed by atoms with E-state index in [4.69, 9.17) is 0 Å². The van der Waals surface area contributed by atoms with Gasteiger partial charge in [-0.3, -0.25) is 0 Å². The monoisotopic (exact) mass is 572 g/mol. The van der Waals surface area contributed by atoms with Crippen LogP contribution in [0.1, 0.15) is 25.3 Å². The van der Waals surface area contributed by atoms with Crippen LogP contribution in [0.4, 0.5) is 0 Å². The van der Waals surface area contributed by atoms with E-state index in [0.29, 0.717) is 5.92 Å². The van der Waals surface area contributed by atoms with E-state index in [1.165, 1.54) is 93.5 Å². The molecule has 0 saturated carbocycles. The van der Waals surface area contributed by atoms with E-state index in [1.54, 1.807) is 0 Å². The van der Waals surface area contributed by atoms with Gasteiger partial charge in [-0.25, -0.2) is 0 Å². The second kappa shape index (κ2) is 10.0. The summed E-state index contributed by atoms with van der Waals surface area (Å²) in [5.41, 5.74) is 14.3. The minimum atomic E-state index is 0.426. The van der Waals surface area contributed by atoms with Crippen molar-refractivity contribution in [2.75, 3.05) is 0 Å². The third-order valence-corrected chi connectivity index (χ3v) is 9.74. The first-order chi connectivity index (χ1) is 22.1. The van der Waals surface area contributed by atoms with Crippen molar-refractivity contribution in [1.82, 2.24) is 0 Å².